The quantitative estimate of drug-likeness (QED) is 0.890. The highest BCUT2D eigenvalue weighted by atomic mass is 19.1. The Morgan fingerprint density at radius 1 is 1.27 bits per heavy atom. The van der Waals surface area contributed by atoms with E-state index in [-0.39, 0.29) is 18.5 Å². The summed E-state index contributed by atoms with van der Waals surface area (Å²) in [4.78, 5) is 16.0. The first-order valence-electron chi connectivity index (χ1n) is 6.96. The molecule has 1 aromatic heterocycles. The Morgan fingerprint density at radius 2 is 2.05 bits per heavy atom. The van der Waals surface area contributed by atoms with Crippen LogP contribution in [0, 0.1) is 5.82 Å². The number of anilines is 1. The van der Waals surface area contributed by atoms with E-state index in [1.54, 1.807) is 36.5 Å². The van der Waals surface area contributed by atoms with Crippen LogP contribution in [0.1, 0.15) is 19.4 Å². The van der Waals surface area contributed by atoms with Crippen molar-refractivity contribution in [1.82, 2.24) is 10.3 Å². The van der Waals surface area contributed by atoms with Gasteiger partial charge in [-0.25, -0.2) is 14.2 Å². The van der Waals surface area contributed by atoms with Crippen LogP contribution in [-0.2, 0) is 6.54 Å². The molecule has 0 aliphatic rings. The molecule has 0 fully saturated rings. The van der Waals surface area contributed by atoms with Crippen molar-refractivity contribution in [3.8, 4) is 5.88 Å². The van der Waals surface area contributed by atoms with Crippen LogP contribution in [0.5, 0.6) is 5.88 Å². The number of rotatable bonds is 5. The van der Waals surface area contributed by atoms with Crippen molar-refractivity contribution in [2.45, 2.75) is 26.5 Å². The lowest BCUT2D eigenvalue weighted by Crippen LogP contribution is -2.29. The normalized spacial score (nSPS) is 10.4. The van der Waals surface area contributed by atoms with Gasteiger partial charge in [-0.05, 0) is 32.0 Å². The molecule has 1 aromatic carbocycles. The number of urea groups is 1. The van der Waals surface area contributed by atoms with Crippen molar-refractivity contribution in [3.63, 3.8) is 0 Å². The van der Waals surface area contributed by atoms with Gasteiger partial charge in [-0.1, -0.05) is 18.2 Å². The lowest BCUT2D eigenvalue weighted by molar-refractivity contribution is 0.233. The van der Waals surface area contributed by atoms with E-state index in [9.17, 15) is 9.18 Å². The maximum atomic E-state index is 13.5. The summed E-state index contributed by atoms with van der Waals surface area (Å²) in [7, 11) is 0. The topological polar surface area (TPSA) is 63.2 Å². The van der Waals surface area contributed by atoms with Crippen LogP contribution in [0.2, 0.25) is 0 Å². The van der Waals surface area contributed by atoms with Gasteiger partial charge >= 0.3 is 6.03 Å². The Bertz CT molecular complexity index is 647. The Kier molecular flexibility index (Phi) is 5.30. The van der Waals surface area contributed by atoms with E-state index in [4.69, 9.17) is 4.74 Å². The molecule has 22 heavy (non-hydrogen) atoms. The van der Waals surface area contributed by atoms with E-state index in [1.807, 2.05) is 13.8 Å². The van der Waals surface area contributed by atoms with Crippen LogP contribution >= 0.6 is 0 Å². The second kappa shape index (κ2) is 7.40. The first kappa shape index (κ1) is 15.8. The predicted octanol–water partition coefficient (Wildman–Crippen LogP) is 3.33. The summed E-state index contributed by atoms with van der Waals surface area (Å²) < 4.78 is 19.0. The highest BCUT2D eigenvalue weighted by Crippen LogP contribution is 2.21. The van der Waals surface area contributed by atoms with Gasteiger partial charge in [-0.15, -0.1) is 0 Å². The Morgan fingerprint density at radius 3 is 2.77 bits per heavy atom. The number of nitrogens with zero attached hydrogens (tertiary/aromatic N) is 1. The molecule has 2 rings (SSSR count). The number of ether oxygens (including phenoxy) is 1. The van der Waals surface area contributed by atoms with E-state index >= 15 is 0 Å². The molecule has 2 amide bonds. The number of benzene rings is 1. The molecule has 2 aromatic rings. The molecule has 0 aliphatic heterocycles. The second-order valence-electron chi connectivity index (χ2n) is 4.92. The number of hydrogen-bond donors (Lipinski definition) is 2. The fourth-order valence-electron chi connectivity index (χ4n) is 1.79. The first-order chi connectivity index (χ1) is 10.6. The van der Waals surface area contributed by atoms with Crippen molar-refractivity contribution in [1.29, 1.82) is 0 Å². The lowest BCUT2D eigenvalue weighted by atomic mass is 10.2. The molecular weight excluding hydrogens is 285 g/mol. The number of halogens is 1. The minimum absolute atomic E-state index is 0.0584. The number of nitrogens with one attached hydrogen (secondary N) is 2. The summed E-state index contributed by atoms with van der Waals surface area (Å²) in [5.41, 5.74) is 0.879. The zero-order chi connectivity index (χ0) is 15.9. The van der Waals surface area contributed by atoms with Crippen molar-refractivity contribution in [3.05, 3.63) is 54.0 Å². The molecule has 6 heteroatoms. The number of carbonyl (C=O) groups is 1. The number of pyridine rings is 1. The smallest absolute Gasteiger partial charge is 0.319 e. The van der Waals surface area contributed by atoms with Gasteiger partial charge in [-0.2, -0.15) is 0 Å². The van der Waals surface area contributed by atoms with E-state index in [2.05, 4.69) is 15.6 Å². The maximum Gasteiger partial charge on any atom is 0.319 e. The summed E-state index contributed by atoms with van der Waals surface area (Å²) in [5, 5.41) is 5.24. The summed E-state index contributed by atoms with van der Waals surface area (Å²) in [5.74, 6) is -0.00782. The SMILES string of the molecule is CC(C)Oc1ncccc1NC(=O)NCc1ccccc1F. The second-order valence-corrected chi connectivity index (χ2v) is 4.92. The average Bonchev–Trinajstić information content (AvgIpc) is 2.48. The predicted molar refractivity (Wildman–Crippen MR) is 82.3 cm³/mol. The maximum absolute atomic E-state index is 13.5. The van der Waals surface area contributed by atoms with Crippen molar-refractivity contribution in [2.75, 3.05) is 5.32 Å². The molecule has 2 N–H and O–H groups in total. The third kappa shape index (κ3) is 4.44. The summed E-state index contributed by atoms with van der Waals surface area (Å²) >= 11 is 0. The van der Waals surface area contributed by atoms with Gasteiger partial charge in [0, 0.05) is 18.3 Å². The van der Waals surface area contributed by atoms with Crippen LogP contribution in [0.15, 0.2) is 42.6 Å². The van der Waals surface area contributed by atoms with Crippen LogP contribution in [0.25, 0.3) is 0 Å². The zero-order valence-corrected chi connectivity index (χ0v) is 12.5. The number of amides is 2. The lowest BCUT2D eigenvalue weighted by Gasteiger charge is -2.14. The van der Waals surface area contributed by atoms with E-state index in [1.165, 1.54) is 6.07 Å². The average molecular weight is 303 g/mol. The molecule has 5 nitrogen and oxygen atoms in total. The molecule has 116 valence electrons. The number of carbonyl (C=O) groups excluding carboxylic acids is 1. The van der Waals surface area contributed by atoms with Gasteiger partial charge in [-0.3, -0.25) is 0 Å². The minimum Gasteiger partial charge on any atom is -0.473 e. The van der Waals surface area contributed by atoms with Crippen LogP contribution in [0.4, 0.5) is 14.9 Å². The van der Waals surface area contributed by atoms with Gasteiger partial charge in [0.2, 0.25) is 5.88 Å². The molecule has 1 heterocycles. The molecule has 0 unspecified atom stereocenters. The van der Waals surface area contributed by atoms with Crippen LogP contribution < -0.4 is 15.4 Å². The van der Waals surface area contributed by atoms with Gasteiger partial charge in [0.15, 0.2) is 0 Å². The molecule has 0 saturated heterocycles. The number of aromatic nitrogens is 1. The van der Waals surface area contributed by atoms with Crippen molar-refractivity contribution in [2.24, 2.45) is 0 Å². The van der Waals surface area contributed by atoms with Crippen LogP contribution in [-0.4, -0.2) is 17.1 Å². The standard InChI is InChI=1S/C16H18FN3O2/c1-11(2)22-15-14(8-5-9-18-15)20-16(21)19-10-12-6-3-4-7-13(12)17/h3-9,11H,10H2,1-2H3,(H2,19,20,21). The molecular formula is C16H18FN3O2. The summed E-state index contributed by atoms with van der Waals surface area (Å²) in [6.07, 6.45) is 1.53. The zero-order valence-electron chi connectivity index (χ0n) is 12.5. The molecule has 0 saturated carbocycles. The fraction of sp³-hybridized carbons (Fsp3) is 0.250. The van der Waals surface area contributed by atoms with E-state index in [0.29, 0.717) is 17.1 Å². The molecule has 0 aliphatic carbocycles. The first-order valence-corrected chi connectivity index (χ1v) is 6.96. The van der Waals surface area contributed by atoms with Gasteiger partial charge < -0.3 is 15.4 Å². The van der Waals surface area contributed by atoms with Crippen molar-refractivity contribution >= 4 is 11.7 Å². The number of hydrogen-bond acceptors (Lipinski definition) is 3. The fourth-order valence-corrected chi connectivity index (χ4v) is 1.79. The third-order valence-corrected chi connectivity index (χ3v) is 2.76. The third-order valence-electron chi connectivity index (χ3n) is 2.76. The van der Waals surface area contributed by atoms with Gasteiger partial charge in [0.05, 0.1) is 6.10 Å². The Balaban J connectivity index is 1.96. The summed E-state index contributed by atoms with van der Waals surface area (Å²) in [6.45, 7) is 3.84. The molecule has 0 bridgehead atoms. The Labute approximate surface area is 128 Å². The largest absolute Gasteiger partial charge is 0.473 e. The van der Waals surface area contributed by atoms with Gasteiger partial charge in [0.1, 0.15) is 11.5 Å². The van der Waals surface area contributed by atoms with E-state index < -0.39 is 6.03 Å². The molecule has 0 radical (unpaired) electrons. The minimum atomic E-state index is -0.454. The highest BCUT2D eigenvalue weighted by Gasteiger charge is 2.10. The Hall–Kier alpha value is -2.63. The molecule has 0 spiro atoms. The summed E-state index contributed by atoms with van der Waals surface area (Å²) in [6, 6.07) is 9.22. The van der Waals surface area contributed by atoms with Crippen molar-refractivity contribution < 1.29 is 13.9 Å². The van der Waals surface area contributed by atoms with Gasteiger partial charge in [0.25, 0.3) is 0 Å². The monoisotopic (exact) mass is 303 g/mol. The highest BCUT2D eigenvalue weighted by molar-refractivity contribution is 5.90. The van der Waals surface area contributed by atoms with Crippen LogP contribution in [0.3, 0.4) is 0 Å². The molecule has 0 atom stereocenters. The van der Waals surface area contributed by atoms with E-state index in [0.717, 1.165) is 0 Å².